The third-order valence-electron chi connectivity index (χ3n) is 2.49. The van der Waals surface area contributed by atoms with Gasteiger partial charge < -0.3 is 10.2 Å². The van der Waals surface area contributed by atoms with Crippen LogP contribution in [0.3, 0.4) is 0 Å². The van der Waals surface area contributed by atoms with E-state index in [1.807, 2.05) is 0 Å². The first-order chi connectivity index (χ1) is 7.65. The van der Waals surface area contributed by atoms with Gasteiger partial charge >= 0.3 is 0 Å². The molecule has 5 nitrogen and oxygen atoms in total. The minimum atomic E-state index is 0.0172. The van der Waals surface area contributed by atoms with Crippen LogP contribution in [0.25, 0.3) is 0 Å². The number of nitrogens with one attached hydrogen (secondary N) is 1. The van der Waals surface area contributed by atoms with Crippen LogP contribution < -0.4 is 10.2 Å². The summed E-state index contributed by atoms with van der Waals surface area (Å²) in [5, 5.41) is 2.91. The van der Waals surface area contributed by atoms with Crippen molar-refractivity contribution in [3.63, 3.8) is 0 Å². The van der Waals surface area contributed by atoms with Crippen molar-refractivity contribution in [2.75, 3.05) is 18.0 Å². The van der Waals surface area contributed by atoms with Gasteiger partial charge in [-0.2, -0.15) is 0 Å². The Labute approximate surface area is 102 Å². The molecule has 6 heteroatoms. The third kappa shape index (κ3) is 2.69. The summed E-state index contributed by atoms with van der Waals surface area (Å²) in [4.78, 5) is 21.5. The van der Waals surface area contributed by atoms with Gasteiger partial charge in [-0.3, -0.25) is 4.79 Å². The summed E-state index contributed by atoms with van der Waals surface area (Å²) in [6.45, 7) is 3.20. The minimum Gasteiger partial charge on any atom is -0.352 e. The average molecular weight is 285 g/mol. The number of aromatic nitrogens is 2. The molecule has 0 radical (unpaired) electrons. The van der Waals surface area contributed by atoms with Gasteiger partial charge in [0.2, 0.25) is 11.9 Å². The fourth-order valence-corrected chi connectivity index (χ4v) is 2.02. The van der Waals surface area contributed by atoms with Crippen LogP contribution in [-0.4, -0.2) is 35.0 Å². The van der Waals surface area contributed by atoms with Crippen LogP contribution in [0.5, 0.6) is 0 Å². The topological polar surface area (TPSA) is 58.1 Å². The van der Waals surface area contributed by atoms with E-state index < -0.39 is 0 Å². The molecular weight excluding hydrogens is 272 g/mol. The van der Waals surface area contributed by atoms with Gasteiger partial charge in [0.05, 0.1) is 4.47 Å². The molecule has 1 aromatic rings. The van der Waals surface area contributed by atoms with Crippen molar-refractivity contribution in [3.8, 4) is 0 Å². The molecule has 0 saturated carbocycles. The number of halogens is 1. The summed E-state index contributed by atoms with van der Waals surface area (Å²) in [6.07, 6.45) is 4.40. The average Bonchev–Trinajstić information content (AvgIpc) is 2.66. The van der Waals surface area contributed by atoms with E-state index in [0.717, 1.165) is 29.9 Å². The molecule has 0 spiro atoms. The number of amides is 1. The summed E-state index contributed by atoms with van der Waals surface area (Å²) < 4.78 is 0.869. The van der Waals surface area contributed by atoms with Crippen molar-refractivity contribution in [2.45, 2.75) is 19.4 Å². The van der Waals surface area contributed by atoms with Gasteiger partial charge in [0.25, 0.3) is 0 Å². The Balaban J connectivity index is 1.98. The van der Waals surface area contributed by atoms with Crippen LogP contribution in [-0.2, 0) is 4.79 Å². The van der Waals surface area contributed by atoms with E-state index in [9.17, 15) is 4.79 Å². The van der Waals surface area contributed by atoms with Crippen molar-refractivity contribution in [1.29, 1.82) is 0 Å². The van der Waals surface area contributed by atoms with E-state index in [4.69, 9.17) is 0 Å². The molecule has 1 aliphatic rings. The van der Waals surface area contributed by atoms with E-state index in [1.54, 1.807) is 19.3 Å². The lowest BCUT2D eigenvalue weighted by Crippen LogP contribution is -2.35. The molecule has 0 aromatic carbocycles. The molecule has 1 atom stereocenters. The highest BCUT2D eigenvalue weighted by molar-refractivity contribution is 9.10. The van der Waals surface area contributed by atoms with Crippen LogP contribution in [0.15, 0.2) is 16.9 Å². The Bertz CT molecular complexity index is 381. The van der Waals surface area contributed by atoms with E-state index in [1.165, 1.54) is 0 Å². The number of nitrogens with zero attached hydrogens (tertiary/aromatic N) is 3. The van der Waals surface area contributed by atoms with Crippen LogP contribution in [0.2, 0.25) is 0 Å². The van der Waals surface area contributed by atoms with Crippen LogP contribution in [0.4, 0.5) is 5.95 Å². The van der Waals surface area contributed by atoms with Gasteiger partial charge in [-0.25, -0.2) is 9.97 Å². The molecule has 1 unspecified atom stereocenters. The molecule has 1 aliphatic heterocycles. The number of rotatable bonds is 2. The highest BCUT2D eigenvalue weighted by Gasteiger charge is 2.24. The van der Waals surface area contributed by atoms with E-state index in [-0.39, 0.29) is 11.9 Å². The summed E-state index contributed by atoms with van der Waals surface area (Å²) in [7, 11) is 0. The van der Waals surface area contributed by atoms with Gasteiger partial charge in [-0.05, 0) is 22.4 Å². The second kappa shape index (κ2) is 4.78. The maximum absolute atomic E-state index is 10.9. The zero-order valence-corrected chi connectivity index (χ0v) is 10.6. The van der Waals surface area contributed by atoms with Crippen molar-refractivity contribution in [3.05, 3.63) is 16.9 Å². The number of hydrogen-bond donors (Lipinski definition) is 1. The maximum atomic E-state index is 10.9. The van der Waals surface area contributed by atoms with E-state index >= 15 is 0 Å². The molecule has 1 amide bonds. The van der Waals surface area contributed by atoms with E-state index in [2.05, 4.69) is 36.1 Å². The monoisotopic (exact) mass is 284 g/mol. The largest absolute Gasteiger partial charge is 0.352 e. The van der Waals surface area contributed by atoms with Crippen molar-refractivity contribution in [1.82, 2.24) is 15.3 Å². The first kappa shape index (κ1) is 11.3. The lowest BCUT2D eigenvalue weighted by molar-refractivity contribution is -0.119. The summed E-state index contributed by atoms with van der Waals surface area (Å²) in [5.74, 6) is 0.736. The van der Waals surface area contributed by atoms with Crippen LogP contribution >= 0.6 is 15.9 Å². The number of hydrogen-bond acceptors (Lipinski definition) is 4. The first-order valence-corrected chi connectivity index (χ1v) is 5.94. The lowest BCUT2D eigenvalue weighted by atomic mass is 10.3. The molecule has 16 heavy (non-hydrogen) atoms. The Morgan fingerprint density at radius 1 is 1.56 bits per heavy atom. The quantitative estimate of drug-likeness (QED) is 0.879. The van der Waals surface area contributed by atoms with Gasteiger partial charge in [0, 0.05) is 38.4 Å². The van der Waals surface area contributed by atoms with Crippen LogP contribution in [0.1, 0.15) is 13.3 Å². The first-order valence-electron chi connectivity index (χ1n) is 5.15. The van der Waals surface area contributed by atoms with Crippen molar-refractivity contribution < 1.29 is 4.79 Å². The molecule has 0 aliphatic carbocycles. The second-order valence-electron chi connectivity index (χ2n) is 3.83. The van der Waals surface area contributed by atoms with E-state index in [0.29, 0.717) is 0 Å². The summed E-state index contributed by atoms with van der Waals surface area (Å²) in [5.41, 5.74) is 0. The molecule has 1 saturated heterocycles. The number of carbonyl (C=O) groups is 1. The predicted molar refractivity (Wildman–Crippen MR) is 64.2 cm³/mol. The second-order valence-corrected chi connectivity index (χ2v) is 4.75. The number of anilines is 1. The fraction of sp³-hybridized carbons (Fsp3) is 0.500. The predicted octanol–water partition coefficient (Wildman–Crippen LogP) is 0.954. The summed E-state index contributed by atoms with van der Waals surface area (Å²) in [6, 6.07) is 0.213. The lowest BCUT2D eigenvalue weighted by Gasteiger charge is -2.16. The molecule has 2 rings (SSSR count). The zero-order valence-electron chi connectivity index (χ0n) is 8.98. The zero-order chi connectivity index (χ0) is 11.5. The molecule has 2 heterocycles. The summed E-state index contributed by atoms with van der Waals surface area (Å²) >= 11 is 3.30. The maximum Gasteiger partial charge on any atom is 0.225 e. The Morgan fingerprint density at radius 2 is 2.25 bits per heavy atom. The highest BCUT2D eigenvalue weighted by Crippen LogP contribution is 2.16. The van der Waals surface area contributed by atoms with Gasteiger partial charge in [0.15, 0.2) is 0 Å². The smallest absolute Gasteiger partial charge is 0.225 e. The normalized spacial score (nSPS) is 19.9. The van der Waals surface area contributed by atoms with Crippen LogP contribution in [0, 0.1) is 0 Å². The van der Waals surface area contributed by atoms with Crippen molar-refractivity contribution >= 4 is 27.8 Å². The fourth-order valence-electron chi connectivity index (χ4n) is 1.82. The molecule has 1 aromatic heterocycles. The van der Waals surface area contributed by atoms with Crippen molar-refractivity contribution in [2.24, 2.45) is 0 Å². The minimum absolute atomic E-state index is 0.0172. The Morgan fingerprint density at radius 3 is 2.88 bits per heavy atom. The number of carbonyl (C=O) groups excluding carboxylic acids is 1. The SMILES string of the molecule is CC(=O)NC1CCN(c2ncc(Br)cn2)C1. The van der Waals surface area contributed by atoms with Gasteiger partial charge in [-0.15, -0.1) is 0 Å². The molecule has 1 N–H and O–H groups in total. The molecular formula is C10H13BrN4O. The van der Waals surface area contributed by atoms with Gasteiger partial charge in [-0.1, -0.05) is 0 Å². The standard InChI is InChI=1S/C10H13BrN4O/c1-7(16)14-9-2-3-15(6-9)10-12-4-8(11)5-13-10/h4-5,9H,2-3,6H2,1H3,(H,14,16). The Hall–Kier alpha value is -1.17. The molecule has 1 fully saturated rings. The highest BCUT2D eigenvalue weighted by atomic mass is 79.9. The third-order valence-corrected chi connectivity index (χ3v) is 2.89. The Kier molecular flexibility index (Phi) is 3.38. The molecule has 0 bridgehead atoms. The molecule has 86 valence electrons. The van der Waals surface area contributed by atoms with Gasteiger partial charge in [0.1, 0.15) is 0 Å².